The van der Waals surface area contributed by atoms with Crippen LogP contribution >= 0.6 is 0 Å². The van der Waals surface area contributed by atoms with Gasteiger partial charge in [-0.05, 0) is 12.0 Å². The van der Waals surface area contributed by atoms with Crippen LogP contribution in [0.2, 0.25) is 0 Å². The van der Waals surface area contributed by atoms with Gasteiger partial charge in [-0.1, -0.05) is 30.3 Å². The highest BCUT2D eigenvalue weighted by molar-refractivity contribution is 5.67. The number of likely N-dealkylation sites (tertiary alicyclic amines) is 1. The Morgan fingerprint density at radius 3 is 2.75 bits per heavy atom. The van der Waals surface area contributed by atoms with Crippen molar-refractivity contribution in [2.75, 3.05) is 13.7 Å². The van der Waals surface area contributed by atoms with Gasteiger partial charge in [-0.3, -0.25) is 4.90 Å². The van der Waals surface area contributed by atoms with Crippen LogP contribution in [0.5, 0.6) is 0 Å². The van der Waals surface area contributed by atoms with Gasteiger partial charge in [0.2, 0.25) is 0 Å². The van der Waals surface area contributed by atoms with Gasteiger partial charge in [0.05, 0.1) is 18.7 Å². The molecule has 1 aliphatic rings. The minimum Gasteiger partial charge on any atom is -0.465 e. The highest BCUT2D eigenvalue weighted by Gasteiger charge is 2.42. The molecule has 0 aliphatic carbocycles. The number of carbonyl (C=O) groups is 1. The average molecular weight is 221 g/mol. The fourth-order valence-electron chi connectivity index (χ4n) is 2.06. The van der Waals surface area contributed by atoms with Gasteiger partial charge >= 0.3 is 6.09 Å². The zero-order valence-electron chi connectivity index (χ0n) is 9.17. The molecule has 2 atom stereocenters. The minimum atomic E-state index is -0.866. The first-order chi connectivity index (χ1) is 7.72. The first-order valence-corrected chi connectivity index (χ1v) is 5.28. The second-order valence-corrected chi connectivity index (χ2v) is 3.97. The summed E-state index contributed by atoms with van der Waals surface area (Å²) >= 11 is 0. The Labute approximate surface area is 94.4 Å². The average Bonchev–Trinajstić information content (AvgIpc) is 2.26. The maximum absolute atomic E-state index is 10.9. The molecule has 0 radical (unpaired) electrons. The third-order valence-corrected chi connectivity index (χ3v) is 3.04. The lowest BCUT2D eigenvalue weighted by Crippen LogP contribution is -2.63. The summed E-state index contributed by atoms with van der Waals surface area (Å²) in [5.74, 6) is 0. The van der Waals surface area contributed by atoms with Crippen molar-refractivity contribution in [3.05, 3.63) is 35.9 Å². The van der Waals surface area contributed by atoms with Crippen molar-refractivity contribution in [2.45, 2.75) is 18.6 Å². The number of carboxylic acid groups (broad SMARTS) is 1. The summed E-state index contributed by atoms with van der Waals surface area (Å²) in [7, 11) is 1.63. The van der Waals surface area contributed by atoms with Crippen LogP contribution in [0, 0.1) is 0 Å². The van der Waals surface area contributed by atoms with E-state index in [4.69, 9.17) is 9.84 Å². The van der Waals surface area contributed by atoms with E-state index < -0.39 is 6.09 Å². The summed E-state index contributed by atoms with van der Waals surface area (Å²) in [6, 6.07) is 9.83. The quantitative estimate of drug-likeness (QED) is 0.843. The highest BCUT2D eigenvalue weighted by Crippen LogP contribution is 2.24. The smallest absolute Gasteiger partial charge is 0.407 e. The van der Waals surface area contributed by atoms with Crippen molar-refractivity contribution < 1.29 is 14.6 Å². The van der Waals surface area contributed by atoms with Gasteiger partial charge in [0.25, 0.3) is 0 Å². The van der Waals surface area contributed by atoms with Crippen molar-refractivity contribution >= 4 is 6.09 Å². The van der Waals surface area contributed by atoms with Crippen molar-refractivity contribution in [1.29, 1.82) is 0 Å². The Hall–Kier alpha value is -1.55. The zero-order valence-corrected chi connectivity index (χ0v) is 9.17. The molecule has 0 bridgehead atoms. The van der Waals surface area contributed by atoms with E-state index in [2.05, 4.69) is 0 Å². The number of hydrogen-bond acceptors (Lipinski definition) is 2. The predicted molar refractivity (Wildman–Crippen MR) is 59.5 cm³/mol. The topological polar surface area (TPSA) is 49.8 Å². The molecule has 1 amide bonds. The standard InChI is InChI=1S/C12H15NO3/c1-16-11-8-13(12(14)15)10(11)7-9-5-3-2-4-6-9/h2-6,10-11H,7-8H2,1H3,(H,14,15). The Kier molecular flexibility index (Phi) is 3.10. The monoisotopic (exact) mass is 221 g/mol. The van der Waals surface area contributed by atoms with Gasteiger partial charge in [0.1, 0.15) is 0 Å². The SMILES string of the molecule is COC1CN(C(=O)O)C1Cc1ccccc1. The third kappa shape index (κ3) is 2.02. The molecule has 1 fully saturated rings. The molecule has 16 heavy (non-hydrogen) atoms. The lowest BCUT2D eigenvalue weighted by molar-refractivity contribution is -0.0694. The first-order valence-electron chi connectivity index (χ1n) is 5.28. The summed E-state index contributed by atoms with van der Waals surface area (Å²) in [5.41, 5.74) is 1.14. The summed E-state index contributed by atoms with van der Waals surface area (Å²) < 4.78 is 5.25. The van der Waals surface area contributed by atoms with Gasteiger partial charge in [-0.15, -0.1) is 0 Å². The van der Waals surface area contributed by atoms with Crippen LogP contribution in [-0.4, -0.2) is 41.9 Å². The van der Waals surface area contributed by atoms with E-state index in [0.29, 0.717) is 13.0 Å². The molecule has 0 saturated carbocycles. The fourth-order valence-corrected chi connectivity index (χ4v) is 2.06. The largest absolute Gasteiger partial charge is 0.465 e. The molecule has 0 spiro atoms. The molecule has 2 rings (SSSR count). The van der Waals surface area contributed by atoms with E-state index >= 15 is 0 Å². The summed E-state index contributed by atoms with van der Waals surface area (Å²) in [6.45, 7) is 0.476. The van der Waals surface area contributed by atoms with Crippen LogP contribution in [0.3, 0.4) is 0 Å². The van der Waals surface area contributed by atoms with Gasteiger partial charge in [-0.25, -0.2) is 4.79 Å². The molecule has 1 saturated heterocycles. The Bertz CT molecular complexity index is 366. The van der Waals surface area contributed by atoms with E-state index in [1.54, 1.807) is 7.11 Å². The first kappa shape index (κ1) is 11.0. The second kappa shape index (κ2) is 4.53. The number of amides is 1. The summed E-state index contributed by atoms with van der Waals surface area (Å²) in [6.07, 6.45) is -0.128. The van der Waals surface area contributed by atoms with Crippen LogP contribution < -0.4 is 0 Å². The second-order valence-electron chi connectivity index (χ2n) is 3.97. The van der Waals surface area contributed by atoms with Crippen LogP contribution in [0.25, 0.3) is 0 Å². The Morgan fingerprint density at radius 1 is 1.50 bits per heavy atom. The molecular formula is C12H15NO3. The van der Waals surface area contributed by atoms with Gasteiger partial charge in [-0.2, -0.15) is 0 Å². The molecule has 1 heterocycles. The van der Waals surface area contributed by atoms with Crippen molar-refractivity contribution in [1.82, 2.24) is 4.90 Å². The number of ether oxygens (including phenoxy) is 1. The Morgan fingerprint density at radius 2 is 2.19 bits per heavy atom. The predicted octanol–water partition coefficient (Wildman–Crippen LogP) is 1.61. The van der Waals surface area contributed by atoms with Crippen molar-refractivity contribution in [3.63, 3.8) is 0 Å². The van der Waals surface area contributed by atoms with Crippen LogP contribution in [0.1, 0.15) is 5.56 Å². The van der Waals surface area contributed by atoms with Crippen LogP contribution in [-0.2, 0) is 11.2 Å². The maximum atomic E-state index is 10.9. The van der Waals surface area contributed by atoms with Gasteiger partial charge in [0.15, 0.2) is 0 Å². The molecule has 1 aromatic rings. The van der Waals surface area contributed by atoms with Gasteiger partial charge in [0, 0.05) is 7.11 Å². The third-order valence-electron chi connectivity index (χ3n) is 3.04. The van der Waals surface area contributed by atoms with E-state index in [0.717, 1.165) is 5.56 Å². The molecule has 0 aromatic heterocycles. The molecule has 4 heteroatoms. The summed E-state index contributed by atoms with van der Waals surface area (Å²) in [4.78, 5) is 12.3. The van der Waals surface area contributed by atoms with Gasteiger partial charge < -0.3 is 9.84 Å². The number of methoxy groups -OCH3 is 1. The zero-order chi connectivity index (χ0) is 11.5. The number of hydrogen-bond donors (Lipinski definition) is 1. The van der Waals surface area contributed by atoms with E-state index in [1.165, 1.54) is 4.90 Å². The molecule has 4 nitrogen and oxygen atoms in total. The maximum Gasteiger partial charge on any atom is 0.407 e. The van der Waals surface area contributed by atoms with E-state index in [1.807, 2.05) is 30.3 Å². The molecule has 1 N–H and O–H groups in total. The molecule has 1 aliphatic heterocycles. The Balaban J connectivity index is 2.04. The number of rotatable bonds is 3. The minimum absolute atomic E-state index is 0.0244. The van der Waals surface area contributed by atoms with Crippen LogP contribution in [0.15, 0.2) is 30.3 Å². The number of nitrogens with zero attached hydrogens (tertiary/aromatic N) is 1. The molecule has 1 aromatic carbocycles. The lowest BCUT2D eigenvalue weighted by Gasteiger charge is -2.45. The van der Waals surface area contributed by atoms with Crippen LogP contribution in [0.4, 0.5) is 4.79 Å². The normalized spacial score (nSPS) is 23.9. The van der Waals surface area contributed by atoms with E-state index in [9.17, 15) is 4.79 Å². The fraction of sp³-hybridized carbons (Fsp3) is 0.417. The van der Waals surface area contributed by atoms with E-state index in [-0.39, 0.29) is 12.1 Å². The molecular weight excluding hydrogens is 206 g/mol. The summed E-state index contributed by atoms with van der Waals surface area (Å²) in [5, 5.41) is 8.97. The molecule has 86 valence electrons. The lowest BCUT2D eigenvalue weighted by atomic mass is 9.93. The molecule has 2 unspecified atom stereocenters. The van der Waals surface area contributed by atoms with Crippen molar-refractivity contribution in [3.8, 4) is 0 Å². The highest BCUT2D eigenvalue weighted by atomic mass is 16.5. The number of benzene rings is 1. The van der Waals surface area contributed by atoms with Crippen molar-refractivity contribution in [2.24, 2.45) is 0 Å².